The van der Waals surface area contributed by atoms with Crippen LogP contribution in [0.4, 0.5) is 5.69 Å². The number of carbonyl (C=O) groups excluding carboxylic acids is 1. The molecule has 0 saturated heterocycles. The zero-order valence-corrected chi connectivity index (χ0v) is 9.31. The Morgan fingerprint density at radius 1 is 1.56 bits per heavy atom. The van der Waals surface area contributed by atoms with Crippen molar-refractivity contribution in [2.75, 3.05) is 0 Å². The summed E-state index contributed by atoms with van der Waals surface area (Å²) < 4.78 is 5.19. The number of nitrogens with zero attached hydrogens (tertiary/aromatic N) is 1. The first-order valence-electron chi connectivity index (χ1n) is 4.65. The molecule has 86 valence electrons. The van der Waals surface area contributed by atoms with Gasteiger partial charge in [-0.1, -0.05) is 19.1 Å². The van der Waals surface area contributed by atoms with E-state index in [2.05, 4.69) is 0 Å². The monoisotopic (exact) mass is 243 g/mol. The number of para-hydroxylation sites is 2. The molecule has 0 radical (unpaired) electrons. The van der Waals surface area contributed by atoms with E-state index in [0.717, 1.165) is 0 Å². The Hall–Kier alpha value is -1.62. The van der Waals surface area contributed by atoms with E-state index in [9.17, 15) is 14.9 Å². The first-order valence-corrected chi connectivity index (χ1v) is 5.03. The molecule has 1 rings (SSSR count). The van der Waals surface area contributed by atoms with Crippen LogP contribution in [0, 0.1) is 10.1 Å². The van der Waals surface area contributed by atoms with Crippen LogP contribution in [0.1, 0.15) is 13.3 Å². The molecule has 1 aromatic carbocycles. The summed E-state index contributed by atoms with van der Waals surface area (Å²) in [5.74, 6) is 0.0494. The van der Waals surface area contributed by atoms with Crippen LogP contribution in [0.25, 0.3) is 0 Å². The van der Waals surface area contributed by atoms with Gasteiger partial charge in [0.05, 0.1) is 4.92 Å². The van der Waals surface area contributed by atoms with Gasteiger partial charge in [0.2, 0.25) is 0 Å². The highest BCUT2D eigenvalue weighted by Crippen LogP contribution is 2.27. The van der Waals surface area contributed by atoms with Crippen LogP contribution in [0.15, 0.2) is 24.3 Å². The first-order chi connectivity index (χ1) is 7.56. The lowest BCUT2D eigenvalue weighted by Crippen LogP contribution is -2.22. The van der Waals surface area contributed by atoms with Gasteiger partial charge >= 0.3 is 5.69 Å². The average Bonchev–Trinajstić information content (AvgIpc) is 2.25. The lowest BCUT2D eigenvalue weighted by Gasteiger charge is -2.12. The van der Waals surface area contributed by atoms with Gasteiger partial charge in [-0.25, -0.2) is 0 Å². The molecule has 0 heterocycles. The van der Waals surface area contributed by atoms with Crippen molar-refractivity contribution >= 4 is 22.5 Å². The third-order valence-electron chi connectivity index (χ3n) is 1.96. The number of rotatable bonds is 5. The van der Waals surface area contributed by atoms with Gasteiger partial charge in [0.1, 0.15) is 0 Å². The fraction of sp³-hybridized carbons (Fsp3) is 0.300. The maximum absolute atomic E-state index is 10.9. The number of halogens is 1. The Morgan fingerprint density at radius 2 is 2.19 bits per heavy atom. The maximum atomic E-state index is 10.9. The molecule has 0 spiro atoms. The summed E-state index contributed by atoms with van der Waals surface area (Å²) in [6, 6.07) is 5.85. The predicted octanol–water partition coefficient (Wildman–Crippen LogP) is 2.52. The van der Waals surface area contributed by atoms with Gasteiger partial charge < -0.3 is 4.74 Å². The minimum absolute atomic E-state index is 0.0494. The van der Waals surface area contributed by atoms with E-state index < -0.39 is 16.3 Å². The van der Waals surface area contributed by atoms with Crippen molar-refractivity contribution in [3.05, 3.63) is 34.4 Å². The van der Waals surface area contributed by atoms with Gasteiger partial charge in [0.15, 0.2) is 11.9 Å². The summed E-state index contributed by atoms with van der Waals surface area (Å²) in [6.07, 6.45) is -0.503. The van der Waals surface area contributed by atoms with E-state index in [1.807, 2.05) is 0 Å². The molecule has 0 saturated carbocycles. The molecule has 16 heavy (non-hydrogen) atoms. The van der Waals surface area contributed by atoms with Crippen LogP contribution in [0.3, 0.4) is 0 Å². The Kier molecular flexibility index (Phi) is 4.25. The molecule has 0 N–H and O–H groups in total. The quantitative estimate of drug-likeness (QED) is 0.453. The molecule has 0 aliphatic heterocycles. The van der Waals surface area contributed by atoms with E-state index in [1.54, 1.807) is 13.0 Å². The summed E-state index contributed by atoms with van der Waals surface area (Å²) in [7, 11) is 0. The van der Waals surface area contributed by atoms with Crippen molar-refractivity contribution in [1.29, 1.82) is 0 Å². The highest BCUT2D eigenvalue weighted by Gasteiger charge is 2.21. The second-order valence-electron chi connectivity index (χ2n) is 3.04. The summed E-state index contributed by atoms with van der Waals surface area (Å²) in [5, 5.41) is 10.0. The molecule has 5 nitrogen and oxygen atoms in total. The van der Waals surface area contributed by atoms with E-state index in [4.69, 9.17) is 16.3 Å². The normalized spacial score (nSPS) is 11.9. The average molecular weight is 244 g/mol. The molecular formula is C10H10ClNO4. The molecule has 1 aromatic rings. The molecule has 0 aliphatic carbocycles. The third kappa shape index (κ3) is 2.93. The Labute approximate surface area is 97.1 Å². The molecule has 0 fully saturated rings. The van der Waals surface area contributed by atoms with Crippen LogP contribution in [0.5, 0.6) is 5.75 Å². The predicted molar refractivity (Wildman–Crippen MR) is 58.7 cm³/mol. The van der Waals surface area contributed by atoms with Crippen LogP contribution < -0.4 is 4.74 Å². The zero-order valence-electron chi connectivity index (χ0n) is 8.55. The number of hydrogen-bond acceptors (Lipinski definition) is 4. The summed E-state index contributed by atoms with van der Waals surface area (Å²) in [6.45, 7) is 1.71. The fourth-order valence-electron chi connectivity index (χ4n) is 1.15. The number of hydrogen-bond donors (Lipinski definition) is 0. The van der Waals surface area contributed by atoms with E-state index in [0.29, 0.717) is 6.42 Å². The van der Waals surface area contributed by atoms with Crippen molar-refractivity contribution < 1.29 is 14.5 Å². The number of carbonyl (C=O) groups is 1. The topological polar surface area (TPSA) is 69.4 Å². The smallest absolute Gasteiger partial charge is 0.310 e. The van der Waals surface area contributed by atoms with Gasteiger partial charge in [-0.3, -0.25) is 14.9 Å². The van der Waals surface area contributed by atoms with Gasteiger partial charge in [-0.05, 0) is 24.1 Å². The Bertz CT molecular complexity index is 408. The van der Waals surface area contributed by atoms with E-state index in [1.165, 1.54) is 18.2 Å². The molecule has 0 aromatic heterocycles. The van der Waals surface area contributed by atoms with Crippen molar-refractivity contribution in [3.8, 4) is 5.75 Å². The highest BCUT2D eigenvalue weighted by molar-refractivity contribution is 6.64. The molecule has 0 aliphatic rings. The lowest BCUT2D eigenvalue weighted by molar-refractivity contribution is -0.386. The molecule has 0 bridgehead atoms. The zero-order chi connectivity index (χ0) is 12.1. The van der Waals surface area contributed by atoms with E-state index in [-0.39, 0.29) is 11.4 Å². The van der Waals surface area contributed by atoms with Gasteiger partial charge in [-0.2, -0.15) is 0 Å². The second-order valence-corrected chi connectivity index (χ2v) is 3.42. The minimum atomic E-state index is -0.859. The number of ether oxygens (including phenoxy) is 1. The molecular weight excluding hydrogens is 234 g/mol. The van der Waals surface area contributed by atoms with Gasteiger partial charge in [0, 0.05) is 6.07 Å². The molecule has 6 heteroatoms. The van der Waals surface area contributed by atoms with Crippen molar-refractivity contribution in [2.24, 2.45) is 0 Å². The van der Waals surface area contributed by atoms with Crippen molar-refractivity contribution in [3.63, 3.8) is 0 Å². The maximum Gasteiger partial charge on any atom is 0.310 e. The minimum Gasteiger partial charge on any atom is -0.474 e. The van der Waals surface area contributed by atoms with Gasteiger partial charge in [0.25, 0.3) is 5.24 Å². The van der Waals surface area contributed by atoms with Gasteiger partial charge in [-0.15, -0.1) is 0 Å². The molecule has 1 unspecified atom stereocenters. The molecule has 1 atom stereocenters. The largest absolute Gasteiger partial charge is 0.474 e. The van der Waals surface area contributed by atoms with Crippen molar-refractivity contribution in [2.45, 2.75) is 19.4 Å². The fourth-order valence-corrected chi connectivity index (χ4v) is 1.35. The SMILES string of the molecule is CCC(Oc1ccccc1[N+](=O)[O-])C(=O)Cl. The third-order valence-corrected chi connectivity index (χ3v) is 2.20. The first kappa shape index (κ1) is 12.4. The van der Waals surface area contributed by atoms with E-state index >= 15 is 0 Å². The second kappa shape index (κ2) is 5.46. The Balaban J connectivity index is 2.95. The standard InChI is InChI=1S/C10H10ClNO4/c1-2-8(10(11)13)16-9-6-4-3-5-7(9)12(14)15/h3-6,8H,2H2,1H3. The highest BCUT2D eigenvalue weighted by atomic mass is 35.5. The summed E-state index contributed by atoms with van der Waals surface area (Å²) in [5.41, 5.74) is -0.182. The summed E-state index contributed by atoms with van der Waals surface area (Å²) in [4.78, 5) is 21.0. The lowest BCUT2D eigenvalue weighted by atomic mass is 10.2. The molecule has 0 amide bonds. The van der Waals surface area contributed by atoms with Crippen LogP contribution in [-0.2, 0) is 4.79 Å². The number of nitro groups is 1. The van der Waals surface area contributed by atoms with Crippen LogP contribution >= 0.6 is 11.6 Å². The van der Waals surface area contributed by atoms with Crippen LogP contribution in [0.2, 0.25) is 0 Å². The number of benzene rings is 1. The van der Waals surface area contributed by atoms with Crippen molar-refractivity contribution in [1.82, 2.24) is 0 Å². The Morgan fingerprint density at radius 3 is 2.69 bits per heavy atom. The van der Waals surface area contributed by atoms with Crippen LogP contribution in [-0.4, -0.2) is 16.3 Å². The number of nitro benzene ring substituents is 1. The summed E-state index contributed by atoms with van der Waals surface area (Å²) >= 11 is 5.29.